The molecule has 0 fully saturated rings. The Morgan fingerprint density at radius 3 is 2.17 bits per heavy atom. The van der Waals surface area contributed by atoms with E-state index in [1.807, 2.05) is 60.7 Å². The molecule has 1 amide bonds. The molecule has 0 spiro atoms. The predicted octanol–water partition coefficient (Wildman–Crippen LogP) is 3.55. The van der Waals surface area contributed by atoms with Crippen molar-refractivity contribution in [3.8, 4) is 17.1 Å². The molecule has 5 heteroatoms. The Morgan fingerprint density at radius 1 is 0.958 bits per heavy atom. The molecule has 1 heterocycles. The molecule has 0 radical (unpaired) electrons. The first-order valence-corrected chi connectivity index (χ1v) is 7.62. The minimum absolute atomic E-state index is 0.255. The summed E-state index contributed by atoms with van der Waals surface area (Å²) in [5.41, 5.74) is 1.46. The standard InChI is InChI=1S/C19H17N3O2/c1-14(24-17-10-6-3-7-11-17)19(23)22-16-12-20-18(21-13-16)15-8-4-2-5-9-15/h2-14H,1H3,(H,22,23). The zero-order valence-corrected chi connectivity index (χ0v) is 13.2. The van der Waals surface area contributed by atoms with Crippen molar-refractivity contribution < 1.29 is 9.53 Å². The first-order valence-electron chi connectivity index (χ1n) is 7.62. The van der Waals surface area contributed by atoms with Gasteiger partial charge in [0, 0.05) is 5.56 Å². The zero-order valence-electron chi connectivity index (χ0n) is 13.2. The number of carbonyl (C=O) groups is 1. The molecule has 0 saturated heterocycles. The van der Waals surface area contributed by atoms with Gasteiger partial charge in [0.15, 0.2) is 11.9 Å². The van der Waals surface area contributed by atoms with Gasteiger partial charge >= 0.3 is 0 Å². The molecule has 0 bridgehead atoms. The molecule has 0 aliphatic carbocycles. The van der Waals surface area contributed by atoms with Crippen molar-refractivity contribution in [3.63, 3.8) is 0 Å². The topological polar surface area (TPSA) is 64.1 Å². The number of rotatable bonds is 5. The summed E-state index contributed by atoms with van der Waals surface area (Å²) >= 11 is 0. The quantitative estimate of drug-likeness (QED) is 0.781. The van der Waals surface area contributed by atoms with Crippen molar-refractivity contribution in [1.29, 1.82) is 0 Å². The third-order valence-corrected chi connectivity index (χ3v) is 3.38. The van der Waals surface area contributed by atoms with E-state index in [2.05, 4.69) is 15.3 Å². The summed E-state index contributed by atoms with van der Waals surface area (Å²) in [7, 11) is 0. The van der Waals surface area contributed by atoms with Crippen LogP contribution in [0.15, 0.2) is 73.1 Å². The Balaban J connectivity index is 1.62. The lowest BCUT2D eigenvalue weighted by molar-refractivity contribution is -0.122. The van der Waals surface area contributed by atoms with Gasteiger partial charge in [-0.15, -0.1) is 0 Å². The lowest BCUT2D eigenvalue weighted by atomic mass is 10.2. The van der Waals surface area contributed by atoms with E-state index in [-0.39, 0.29) is 5.91 Å². The fourth-order valence-corrected chi connectivity index (χ4v) is 2.13. The molecule has 3 rings (SSSR count). The average molecular weight is 319 g/mol. The maximum atomic E-state index is 12.2. The van der Waals surface area contributed by atoms with Gasteiger partial charge in [-0.05, 0) is 19.1 Å². The molecule has 1 aromatic heterocycles. The van der Waals surface area contributed by atoms with Crippen LogP contribution >= 0.6 is 0 Å². The molecule has 24 heavy (non-hydrogen) atoms. The second-order valence-electron chi connectivity index (χ2n) is 5.22. The summed E-state index contributed by atoms with van der Waals surface area (Å²) in [5, 5.41) is 2.75. The van der Waals surface area contributed by atoms with Crippen molar-refractivity contribution in [3.05, 3.63) is 73.1 Å². The lowest BCUT2D eigenvalue weighted by Crippen LogP contribution is -2.30. The van der Waals surface area contributed by atoms with E-state index in [4.69, 9.17) is 4.74 Å². The monoisotopic (exact) mass is 319 g/mol. The molecule has 5 nitrogen and oxygen atoms in total. The van der Waals surface area contributed by atoms with Gasteiger partial charge in [-0.3, -0.25) is 4.79 Å². The maximum absolute atomic E-state index is 12.2. The summed E-state index contributed by atoms with van der Waals surface area (Å²) in [6, 6.07) is 18.9. The third kappa shape index (κ3) is 3.95. The largest absolute Gasteiger partial charge is 0.481 e. The van der Waals surface area contributed by atoms with E-state index in [0.29, 0.717) is 17.3 Å². The molecule has 0 aliphatic heterocycles. The van der Waals surface area contributed by atoms with Crippen LogP contribution in [0.1, 0.15) is 6.92 Å². The van der Waals surface area contributed by atoms with Crippen molar-refractivity contribution in [2.24, 2.45) is 0 Å². The van der Waals surface area contributed by atoms with E-state index >= 15 is 0 Å². The molecule has 0 saturated carbocycles. The van der Waals surface area contributed by atoms with E-state index in [9.17, 15) is 4.79 Å². The average Bonchev–Trinajstić information content (AvgIpc) is 2.64. The van der Waals surface area contributed by atoms with Crippen LogP contribution in [0.4, 0.5) is 5.69 Å². The Kier molecular flexibility index (Phi) is 4.81. The van der Waals surface area contributed by atoms with Crippen LogP contribution in [0.2, 0.25) is 0 Å². The zero-order chi connectivity index (χ0) is 16.8. The Bertz CT molecular complexity index is 790. The van der Waals surface area contributed by atoms with E-state index in [0.717, 1.165) is 5.56 Å². The number of amides is 1. The van der Waals surface area contributed by atoms with Crippen LogP contribution in [0.5, 0.6) is 5.75 Å². The van der Waals surface area contributed by atoms with Gasteiger partial charge in [0.05, 0.1) is 18.1 Å². The SMILES string of the molecule is CC(Oc1ccccc1)C(=O)Nc1cnc(-c2ccccc2)nc1. The molecule has 1 atom stereocenters. The van der Waals surface area contributed by atoms with Crippen LogP contribution in [0, 0.1) is 0 Å². The Labute approximate surface area is 140 Å². The fourth-order valence-electron chi connectivity index (χ4n) is 2.13. The first-order chi connectivity index (χ1) is 11.7. The lowest BCUT2D eigenvalue weighted by Gasteiger charge is -2.14. The van der Waals surface area contributed by atoms with Crippen LogP contribution in [0.3, 0.4) is 0 Å². The first kappa shape index (κ1) is 15.7. The number of nitrogens with zero attached hydrogens (tertiary/aromatic N) is 2. The van der Waals surface area contributed by atoms with Gasteiger partial charge in [-0.2, -0.15) is 0 Å². The van der Waals surface area contributed by atoms with Gasteiger partial charge in [-0.1, -0.05) is 48.5 Å². The van der Waals surface area contributed by atoms with Crippen LogP contribution in [0.25, 0.3) is 11.4 Å². The molecular weight excluding hydrogens is 302 g/mol. The van der Waals surface area contributed by atoms with E-state index < -0.39 is 6.10 Å². The van der Waals surface area contributed by atoms with Gasteiger partial charge in [0.25, 0.3) is 5.91 Å². The van der Waals surface area contributed by atoms with E-state index in [1.54, 1.807) is 19.3 Å². The smallest absolute Gasteiger partial charge is 0.265 e. The third-order valence-electron chi connectivity index (χ3n) is 3.38. The number of para-hydroxylation sites is 1. The predicted molar refractivity (Wildman–Crippen MR) is 92.6 cm³/mol. The highest BCUT2D eigenvalue weighted by molar-refractivity contribution is 5.93. The number of ether oxygens (including phenoxy) is 1. The minimum atomic E-state index is -0.624. The van der Waals surface area contributed by atoms with Gasteiger partial charge in [-0.25, -0.2) is 9.97 Å². The fraction of sp³-hybridized carbons (Fsp3) is 0.105. The molecule has 1 N–H and O–H groups in total. The van der Waals surface area contributed by atoms with Gasteiger partial charge in [0.2, 0.25) is 0 Å². The molecule has 1 unspecified atom stereocenters. The summed E-state index contributed by atoms with van der Waals surface area (Å²) < 4.78 is 5.59. The highest BCUT2D eigenvalue weighted by atomic mass is 16.5. The van der Waals surface area contributed by atoms with E-state index in [1.165, 1.54) is 0 Å². The number of aromatic nitrogens is 2. The normalized spacial score (nSPS) is 11.5. The molecule has 120 valence electrons. The molecular formula is C19H17N3O2. The number of hydrogen-bond acceptors (Lipinski definition) is 4. The van der Waals surface area contributed by atoms with Crippen LogP contribution < -0.4 is 10.1 Å². The Hall–Kier alpha value is -3.21. The van der Waals surface area contributed by atoms with Gasteiger partial charge in [0.1, 0.15) is 5.75 Å². The molecule has 0 aliphatic rings. The van der Waals surface area contributed by atoms with Crippen molar-refractivity contribution >= 4 is 11.6 Å². The number of carbonyl (C=O) groups excluding carboxylic acids is 1. The highest BCUT2D eigenvalue weighted by Gasteiger charge is 2.15. The second kappa shape index (κ2) is 7.37. The second-order valence-corrected chi connectivity index (χ2v) is 5.22. The molecule has 2 aromatic carbocycles. The number of benzene rings is 2. The summed E-state index contributed by atoms with van der Waals surface area (Å²) in [5.74, 6) is 1.01. The summed E-state index contributed by atoms with van der Waals surface area (Å²) in [6.07, 6.45) is 2.55. The van der Waals surface area contributed by atoms with Gasteiger partial charge < -0.3 is 10.1 Å². The van der Waals surface area contributed by atoms with Crippen molar-refractivity contribution in [2.75, 3.05) is 5.32 Å². The van der Waals surface area contributed by atoms with Crippen molar-refractivity contribution in [1.82, 2.24) is 9.97 Å². The minimum Gasteiger partial charge on any atom is -0.481 e. The highest BCUT2D eigenvalue weighted by Crippen LogP contribution is 2.15. The van der Waals surface area contributed by atoms with Crippen molar-refractivity contribution in [2.45, 2.75) is 13.0 Å². The van der Waals surface area contributed by atoms with Crippen LogP contribution in [-0.4, -0.2) is 22.0 Å². The van der Waals surface area contributed by atoms with Crippen LogP contribution in [-0.2, 0) is 4.79 Å². The number of anilines is 1. The number of hydrogen-bond donors (Lipinski definition) is 1. The Morgan fingerprint density at radius 2 is 1.54 bits per heavy atom. The maximum Gasteiger partial charge on any atom is 0.265 e. The summed E-state index contributed by atoms with van der Waals surface area (Å²) in [6.45, 7) is 1.70. The summed E-state index contributed by atoms with van der Waals surface area (Å²) in [4.78, 5) is 20.7. The number of nitrogens with one attached hydrogen (secondary N) is 1. The molecule has 3 aromatic rings.